The van der Waals surface area contributed by atoms with Gasteiger partial charge < -0.3 is 5.11 Å². The Morgan fingerprint density at radius 3 is 2.44 bits per heavy atom. The Morgan fingerprint density at radius 2 is 2.00 bits per heavy atom. The first-order valence-corrected chi connectivity index (χ1v) is 6.19. The second-order valence-electron chi connectivity index (χ2n) is 6.48. The molecule has 0 aliphatic heterocycles. The third kappa shape index (κ3) is 3.21. The highest BCUT2D eigenvalue weighted by Crippen LogP contribution is 2.46. The SMILES string of the molecule is CC(C)=CCC1C(C)=CC(C)(O)CC1(C)C. The molecule has 0 aromatic heterocycles. The van der Waals surface area contributed by atoms with E-state index in [1.165, 1.54) is 11.1 Å². The molecular formula is C15H26O. The maximum Gasteiger partial charge on any atom is 0.0807 e. The van der Waals surface area contributed by atoms with Crippen molar-refractivity contribution in [3.63, 3.8) is 0 Å². The molecule has 0 saturated carbocycles. The van der Waals surface area contributed by atoms with Crippen LogP contribution in [0, 0.1) is 11.3 Å². The van der Waals surface area contributed by atoms with Crippen LogP contribution in [0.15, 0.2) is 23.3 Å². The molecule has 0 radical (unpaired) electrons. The van der Waals surface area contributed by atoms with E-state index in [1.54, 1.807) is 0 Å². The van der Waals surface area contributed by atoms with Crippen LogP contribution in [0.2, 0.25) is 0 Å². The van der Waals surface area contributed by atoms with Gasteiger partial charge in [0, 0.05) is 0 Å². The van der Waals surface area contributed by atoms with E-state index in [-0.39, 0.29) is 5.41 Å². The minimum Gasteiger partial charge on any atom is -0.386 e. The molecule has 1 rings (SSSR count). The van der Waals surface area contributed by atoms with Crippen molar-refractivity contribution in [2.24, 2.45) is 11.3 Å². The summed E-state index contributed by atoms with van der Waals surface area (Å²) in [6.45, 7) is 12.9. The van der Waals surface area contributed by atoms with Crippen LogP contribution < -0.4 is 0 Å². The Balaban J connectivity index is 2.95. The summed E-state index contributed by atoms with van der Waals surface area (Å²) >= 11 is 0. The molecule has 1 heteroatoms. The highest BCUT2D eigenvalue weighted by atomic mass is 16.3. The third-order valence-electron chi connectivity index (χ3n) is 3.61. The first-order valence-electron chi connectivity index (χ1n) is 6.19. The van der Waals surface area contributed by atoms with E-state index in [4.69, 9.17) is 0 Å². The summed E-state index contributed by atoms with van der Waals surface area (Å²) in [6, 6.07) is 0. The highest BCUT2D eigenvalue weighted by molar-refractivity contribution is 5.21. The van der Waals surface area contributed by atoms with E-state index in [9.17, 15) is 5.11 Å². The van der Waals surface area contributed by atoms with E-state index >= 15 is 0 Å². The van der Waals surface area contributed by atoms with Gasteiger partial charge in [0.2, 0.25) is 0 Å². The molecule has 0 amide bonds. The Hall–Kier alpha value is -0.560. The van der Waals surface area contributed by atoms with Crippen molar-refractivity contribution >= 4 is 0 Å². The molecular weight excluding hydrogens is 196 g/mol. The van der Waals surface area contributed by atoms with Crippen LogP contribution in [-0.4, -0.2) is 10.7 Å². The number of rotatable bonds is 2. The second kappa shape index (κ2) is 4.37. The zero-order chi connectivity index (χ0) is 12.6. The average molecular weight is 222 g/mol. The average Bonchev–Trinajstić information content (AvgIpc) is 1.96. The van der Waals surface area contributed by atoms with E-state index in [1.807, 2.05) is 13.0 Å². The number of hydrogen-bond donors (Lipinski definition) is 1. The standard InChI is InChI=1S/C15H26O/c1-11(2)7-8-13-12(3)9-15(6,16)10-14(13,4)5/h7,9,13,16H,8,10H2,1-6H3. The molecule has 1 nitrogen and oxygen atoms in total. The van der Waals surface area contributed by atoms with Crippen molar-refractivity contribution in [3.05, 3.63) is 23.3 Å². The molecule has 1 aliphatic carbocycles. The molecule has 16 heavy (non-hydrogen) atoms. The maximum atomic E-state index is 10.2. The Kier molecular flexibility index (Phi) is 3.69. The highest BCUT2D eigenvalue weighted by Gasteiger charge is 2.40. The lowest BCUT2D eigenvalue weighted by Crippen LogP contribution is -2.39. The number of allylic oxidation sites excluding steroid dienone is 3. The summed E-state index contributed by atoms with van der Waals surface area (Å²) in [6.07, 6.45) is 6.29. The topological polar surface area (TPSA) is 20.2 Å². The predicted octanol–water partition coefficient (Wildman–Crippen LogP) is 4.09. The zero-order valence-electron chi connectivity index (χ0n) is 11.6. The summed E-state index contributed by atoms with van der Waals surface area (Å²) in [4.78, 5) is 0. The lowest BCUT2D eigenvalue weighted by atomic mass is 9.63. The van der Waals surface area contributed by atoms with Crippen LogP contribution in [0.3, 0.4) is 0 Å². The quantitative estimate of drug-likeness (QED) is 0.698. The van der Waals surface area contributed by atoms with Gasteiger partial charge in [0.25, 0.3) is 0 Å². The van der Waals surface area contributed by atoms with Gasteiger partial charge in [-0.3, -0.25) is 0 Å². The smallest absolute Gasteiger partial charge is 0.0807 e. The van der Waals surface area contributed by atoms with Gasteiger partial charge in [-0.1, -0.05) is 37.1 Å². The van der Waals surface area contributed by atoms with E-state index in [0.29, 0.717) is 5.92 Å². The van der Waals surface area contributed by atoms with E-state index < -0.39 is 5.60 Å². The van der Waals surface area contributed by atoms with Gasteiger partial charge in [-0.2, -0.15) is 0 Å². The van der Waals surface area contributed by atoms with Crippen LogP contribution in [0.1, 0.15) is 54.4 Å². The van der Waals surface area contributed by atoms with E-state index in [2.05, 4.69) is 40.7 Å². The fourth-order valence-corrected chi connectivity index (χ4v) is 3.16. The molecule has 0 heterocycles. The largest absolute Gasteiger partial charge is 0.386 e. The van der Waals surface area contributed by atoms with Crippen LogP contribution in [0.25, 0.3) is 0 Å². The van der Waals surface area contributed by atoms with Crippen molar-refractivity contribution in [1.29, 1.82) is 0 Å². The molecule has 2 atom stereocenters. The van der Waals surface area contributed by atoms with Gasteiger partial charge in [0.15, 0.2) is 0 Å². The third-order valence-corrected chi connectivity index (χ3v) is 3.61. The summed E-state index contributed by atoms with van der Waals surface area (Å²) in [5, 5.41) is 10.2. The first kappa shape index (κ1) is 13.5. The fraction of sp³-hybridized carbons (Fsp3) is 0.733. The molecule has 1 aliphatic rings. The van der Waals surface area contributed by atoms with Gasteiger partial charge in [0.05, 0.1) is 5.60 Å². The fourth-order valence-electron chi connectivity index (χ4n) is 3.16. The molecule has 1 N–H and O–H groups in total. The van der Waals surface area contributed by atoms with Crippen molar-refractivity contribution in [3.8, 4) is 0 Å². The van der Waals surface area contributed by atoms with Crippen molar-refractivity contribution in [2.45, 2.75) is 60.0 Å². The number of aliphatic hydroxyl groups is 1. The van der Waals surface area contributed by atoms with Gasteiger partial charge in [-0.05, 0) is 51.9 Å². The summed E-state index contributed by atoms with van der Waals surface area (Å²) in [7, 11) is 0. The molecule has 0 saturated heterocycles. The summed E-state index contributed by atoms with van der Waals surface area (Å²) in [5.41, 5.74) is 2.25. The summed E-state index contributed by atoms with van der Waals surface area (Å²) in [5.74, 6) is 0.558. The second-order valence-corrected chi connectivity index (χ2v) is 6.48. The monoisotopic (exact) mass is 222 g/mol. The van der Waals surface area contributed by atoms with Gasteiger partial charge in [-0.15, -0.1) is 0 Å². The lowest BCUT2D eigenvalue weighted by Gasteiger charge is -2.44. The summed E-state index contributed by atoms with van der Waals surface area (Å²) < 4.78 is 0. The Labute approximate surface area is 100 Å². The molecule has 0 aromatic rings. The van der Waals surface area contributed by atoms with Crippen LogP contribution in [0.5, 0.6) is 0 Å². The zero-order valence-corrected chi connectivity index (χ0v) is 11.6. The maximum absolute atomic E-state index is 10.2. The molecule has 0 fully saturated rings. The molecule has 2 unspecified atom stereocenters. The first-order chi connectivity index (χ1) is 7.14. The van der Waals surface area contributed by atoms with E-state index in [0.717, 1.165) is 12.8 Å². The minimum atomic E-state index is -0.630. The van der Waals surface area contributed by atoms with Crippen LogP contribution in [-0.2, 0) is 0 Å². The number of hydrogen-bond acceptors (Lipinski definition) is 1. The molecule has 0 bridgehead atoms. The van der Waals surface area contributed by atoms with Gasteiger partial charge >= 0.3 is 0 Å². The Morgan fingerprint density at radius 1 is 1.44 bits per heavy atom. The molecule has 0 aromatic carbocycles. The molecule has 92 valence electrons. The van der Waals surface area contributed by atoms with Crippen LogP contribution >= 0.6 is 0 Å². The predicted molar refractivity (Wildman–Crippen MR) is 70.3 cm³/mol. The van der Waals surface area contributed by atoms with Crippen molar-refractivity contribution < 1.29 is 5.11 Å². The minimum absolute atomic E-state index is 0.175. The Bertz CT molecular complexity index is 314. The van der Waals surface area contributed by atoms with Gasteiger partial charge in [0.1, 0.15) is 0 Å². The van der Waals surface area contributed by atoms with Crippen molar-refractivity contribution in [2.75, 3.05) is 0 Å². The van der Waals surface area contributed by atoms with Crippen LogP contribution in [0.4, 0.5) is 0 Å². The van der Waals surface area contributed by atoms with Crippen molar-refractivity contribution in [1.82, 2.24) is 0 Å². The normalized spacial score (nSPS) is 33.2. The molecule has 0 spiro atoms. The van der Waals surface area contributed by atoms with Gasteiger partial charge in [-0.25, -0.2) is 0 Å². The lowest BCUT2D eigenvalue weighted by molar-refractivity contribution is 0.0260.